The van der Waals surface area contributed by atoms with Crippen molar-refractivity contribution in [3.8, 4) is 0 Å². The largest absolute Gasteiger partial charge is 0.397 e. The molecule has 1 aromatic heterocycles. The highest BCUT2D eigenvalue weighted by Crippen LogP contribution is 2.35. The smallest absolute Gasteiger partial charge is 0.263 e. The lowest BCUT2D eigenvalue weighted by Crippen LogP contribution is -2.47. The molecule has 1 aliphatic heterocycles. The van der Waals surface area contributed by atoms with E-state index < -0.39 is 5.82 Å². The van der Waals surface area contributed by atoms with Crippen molar-refractivity contribution in [2.45, 2.75) is 18.9 Å². The molecule has 7 heteroatoms. The third kappa shape index (κ3) is 2.56. The van der Waals surface area contributed by atoms with Crippen LogP contribution in [0.4, 0.5) is 10.1 Å². The van der Waals surface area contributed by atoms with Gasteiger partial charge >= 0.3 is 0 Å². The summed E-state index contributed by atoms with van der Waals surface area (Å²) in [5.74, 6) is -0.761. The van der Waals surface area contributed by atoms with Gasteiger partial charge in [-0.1, -0.05) is 6.07 Å². The summed E-state index contributed by atoms with van der Waals surface area (Å²) in [6, 6.07) is 4.52. The number of carbonyl (C=O) groups is 2. The van der Waals surface area contributed by atoms with E-state index in [1.165, 1.54) is 17.4 Å². The summed E-state index contributed by atoms with van der Waals surface area (Å²) < 4.78 is 14.4. The zero-order chi connectivity index (χ0) is 15.0. The molecular weight excluding hydrogens is 293 g/mol. The first kappa shape index (κ1) is 13.8. The Morgan fingerprint density at radius 2 is 2.29 bits per heavy atom. The third-order valence-corrected chi connectivity index (χ3v) is 4.68. The highest BCUT2D eigenvalue weighted by Gasteiger charge is 2.23. The summed E-state index contributed by atoms with van der Waals surface area (Å²) in [7, 11) is 0. The summed E-state index contributed by atoms with van der Waals surface area (Å²) in [5, 5.41) is 5.82. The lowest BCUT2D eigenvalue weighted by atomic mass is 10.1. The Morgan fingerprint density at radius 1 is 1.48 bits per heavy atom. The van der Waals surface area contributed by atoms with Gasteiger partial charge in [0.15, 0.2) is 0 Å². The quantitative estimate of drug-likeness (QED) is 0.788. The maximum absolute atomic E-state index is 13.8. The minimum Gasteiger partial charge on any atom is -0.397 e. The van der Waals surface area contributed by atoms with Crippen LogP contribution in [0, 0.1) is 5.82 Å². The second kappa shape index (κ2) is 5.33. The van der Waals surface area contributed by atoms with E-state index in [9.17, 15) is 14.0 Å². The van der Waals surface area contributed by atoms with Crippen LogP contribution in [0.5, 0.6) is 0 Å². The molecular formula is C14H14FN3O2S. The number of thiophene rings is 1. The lowest BCUT2D eigenvalue weighted by molar-refractivity contribution is -0.122. The molecule has 4 N–H and O–H groups in total. The molecule has 110 valence electrons. The number of nitrogens with two attached hydrogens (primary N) is 1. The van der Waals surface area contributed by atoms with Gasteiger partial charge in [0.25, 0.3) is 5.91 Å². The molecule has 1 aliphatic rings. The topological polar surface area (TPSA) is 84.2 Å². The number of hydrogen-bond acceptors (Lipinski definition) is 4. The van der Waals surface area contributed by atoms with E-state index in [2.05, 4.69) is 10.6 Å². The van der Waals surface area contributed by atoms with E-state index in [1.54, 1.807) is 12.1 Å². The number of amides is 2. The highest BCUT2D eigenvalue weighted by atomic mass is 32.1. The Kier molecular flexibility index (Phi) is 3.50. The van der Waals surface area contributed by atoms with Gasteiger partial charge < -0.3 is 16.4 Å². The number of halogens is 1. The molecule has 1 unspecified atom stereocenters. The second-order valence-corrected chi connectivity index (χ2v) is 6.02. The van der Waals surface area contributed by atoms with Gasteiger partial charge in [-0.2, -0.15) is 0 Å². The van der Waals surface area contributed by atoms with E-state index in [-0.39, 0.29) is 23.5 Å². The molecule has 5 nitrogen and oxygen atoms in total. The van der Waals surface area contributed by atoms with Gasteiger partial charge in [-0.05, 0) is 18.6 Å². The second-order valence-electron chi connectivity index (χ2n) is 4.97. The summed E-state index contributed by atoms with van der Waals surface area (Å²) >= 11 is 1.17. The first-order valence-corrected chi connectivity index (χ1v) is 7.42. The summed E-state index contributed by atoms with van der Waals surface area (Å²) in [6.07, 6.45) is 0.984. The summed E-state index contributed by atoms with van der Waals surface area (Å²) in [5.41, 5.74) is 6.08. The fourth-order valence-corrected chi connectivity index (χ4v) is 3.44. The van der Waals surface area contributed by atoms with Crippen LogP contribution in [-0.4, -0.2) is 24.4 Å². The number of piperidine rings is 1. The molecule has 0 radical (unpaired) electrons. The number of anilines is 1. The Morgan fingerprint density at radius 3 is 2.95 bits per heavy atom. The molecule has 0 spiro atoms. The highest BCUT2D eigenvalue weighted by molar-refractivity contribution is 7.21. The Bertz CT molecular complexity index is 718. The molecule has 0 saturated carbocycles. The normalized spacial score (nSPS) is 18.5. The van der Waals surface area contributed by atoms with Crippen LogP contribution in [0.3, 0.4) is 0 Å². The molecule has 1 fully saturated rings. The van der Waals surface area contributed by atoms with Gasteiger partial charge in [0.2, 0.25) is 5.91 Å². The predicted octanol–water partition coefficient (Wildman–Crippen LogP) is 1.63. The maximum atomic E-state index is 13.8. The monoisotopic (exact) mass is 307 g/mol. The maximum Gasteiger partial charge on any atom is 0.263 e. The summed E-state index contributed by atoms with van der Waals surface area (Å²) in [4.78, 5) is 23.7. The van der Waals surface area contributed by atoms with Crippen molar-refractivity contribution in [1.29, 1.82) is 0 Å². The molecule has 0 bridgehead atoms. The zero-order valence-electron chi connectivity index (χ0n) is 11.1. The van der Waals surface area contributed by atoms with Crippen molar-refractivity contribution < 1.29 is 14.0 Å². The van der Waals surface area contributed by atoms with Crippen molar-refractivity contribution in [1.82, 2.24) is 10.6 Å². The Labute approximate surface area is 124 Å². The van der Waals surface area contributed by atoms with E-state index >= 15 is 0 Å². The third-order valence-electron chi connectivity index (χ3n) is 3.51. The van der Waals surface area contributed by atoms with E-state index in [4.69, 9.17) is 5.73 Å². The number of carbonyl (C=O) groups excluding carboxylic acids is 2. The number of rotatable bonds is 2. The Hall–Kier alpha value is -2.15. The van der Waals surface area contributed by atoms with Gasteiger partial charge in [-0.25, -0.2) is 4.39 Å². The number of benzene rings is 1. The fourth-order valence-electron chi connectivity index (χ4n) is 2.40. The van der Waals surface area contributed by atoms with Crippen LogP contribution in [0.1, 0.15) is 22.5 Å². The standard InChI is InChI=1S/C14H14FN3O2S/c15-8-2-1-3-9-11(8)12(16)13(21-9)14(20)18-7-4-5-10(19)17-6-7/h1-3,7H,4-6,16H2,(H,17,19)(H,18,20). The first-order valence-electron chi connectivity index (χ1n) is 6.60. The van der Waals surface area contributed by atoms with Crippen LogP contribution in [0.25, 0.3) is 10.1 Å². The summed E-state index contributed by atoms with van der Waals surface area (Å²) in [6.45, 7) is 0.406. The van der Waals surface area contributed by atoms with E-state index in [0.29, 0.717) is 34.3 Å². The van der Waals surface area contributed by atoms with Gasteiger partial charge in [0, 0.05) is 23.7 Å². The van der Waals surface area contributed by atoms with Crippen LogP contribution in [0.2, 0.25) is 0 Å². The van der Waals surface area contributed by atoms with Crippen LogP contribution in [-0.2, 0) is 4.79 Å². The van der Waals surface area contributed by atoms with Crippen molar-refractivity contribution in [2.75, 3.05) is 12.3 Å². The molecule has 1 saturated heterocycles. The molecule has 2 amide bonds. The molecule has 2 aromatic rings. The van der Waals surface area contributed by atoms with Gasteiger partial charge in [-0.3, -0.25) is 9.59 Å². The van der Waals surface area contributed by atoms with Crippen LogP contribution < -0.4 is 16.4 Å². The van der Waals surface area contributed by atoms with E-state index in [0.717, 1.165) is 0 Å². The van der Waals surface area contributed by atoms with Crippen molar-refractivity contribution in [3.63, 3.8) is 0 Å². The SMILES string of the molecule is Nc1c(C(=O)NC2CCC(=O)NC2)sc2cccc(F)c12. The minimum atomic E-state index is -0.426. The molecule has 1 atom stereocenters. The average Bonchev–Trinajstić information content (AvgIpc) is 2.80. The number of hydrogen-bond donors (Lipinski definition) is 3. The molecule has 2 heterocycles. The zero-order valence-corrected chi connectivity index (χ0v) is 11.9. The minimum absolute atomic E-state index is 0.0102. The van der Waals surface area contributed by atoms with E-state index in [1.807, 2.05) is 0 Å². The average molecular weight is 307 g/mol. The predicted molar refractivity (Wildman–Crippen MR) is 79.7 cm³/mol. The van der Waals surface area contributed by atoms with Crippen molar-refractivity contribution in [3.05, 3.63) is 28.9 Å². The number of fused-ring (bicyclic) bond motifs is 1. The number of nitrogens with one attached hydrogen (secondary N) is 2. The van der Waals surface area contributed by atoms with Gasteiger partial charge in [0.1, 0.15) is 10.7 Å². The van der Waals surface area contributed by atoms with Crippen LogP contribution in [0.15, 0.2) is 18.2 Å². The Balaban J connectivity index is 1.83. The first-order chi connectivity index (χ1) is 10.1. The number of nitrogen functional groups attached to an aromatic ring is 1. The molecule has 0 aliphatic carbocycles. The molecule has 1 aromatic carbocycles. The van der Waals surface area contributed by atoms with Gasteiger partial charge in [0.05, 0.1) is 11.1 Å². The van der Waals surface area contributed by atoms with Crippen molar-refractivity contribution >= 4 is 38.9 Å². The van der Waals surface area contributed by atoms with Crippen molar-refractivity contribution in [2.24, 2.45) is 0 Å². The fraction of sp³-hybridized carbons (Fsp3) is 0.286. The van der Waals surface area contributed by atoms with Crippen LogP contribution >= 0.6 is 11.3 Å². The van der Waals surface area contributed by atoms with Gasteiger partial charge in [-0.15, -0.1) is 11.3 Å². The molecule has 21 heavy (non-hydrogen) atoms. The molecule has 3 rings (SSSR count). The lowest BCUT2D eigenvalue weighted by Gasteiger charge is -2.23.